The van der Waals surface area contributed by atoms with E-state index in [1.165, 1.54) is 44.9 Å². The van der Waals surface area contributed by atoms with Crippen molar-refractivity contribution in [1.82, 2.24) is 5.32 Å². The van der Waals surface area contributed by atoms with Gasteiger partial charge in [0.2, 0.25) is 0 Å². The minimum absolute atomic E-state index is 0.631. The van der Waals surface area contributed by atoms with Crippen LogP contribution in [0.4, 0.5) is 0 Å². The summed E-state index contributed by atoms with van der Waals surface area (Å²) in [6.07, 6.45) is 9.94. The fourth-order valence-electron chi connectivity index (χ4n) is 3.33. The van der Waals surface area contributed by atoms with Crippen LogP contribution in [0.15, 0.2) is 0 Å². The van der Waals surface area contributed by atoms with Crippen molar-refractivity contribution in [3.05, 3.63) is 0 Å². The fraction of sp³-hybridized carbons (Fsp3) is 1.00. The van der Waals surface area contributed by atoms with E-state index in [-0.39, 0.29) is 0 Å². The molecule has 0 aromatic rings. The van der Waals surface area contributed by atoms with E-state index >= 15 is 0 Å². The van der Waals surface area contributed by atoms with Gasteiger partial charge in [-0.1, -0.05) is 19.3 Å². The zero-order valence-corrected chi connectivity index (χ0v) is 8.93. The smallest absolute Gasteiger partial charge is 0.0545 e. The van der Waals surface area contributed by atoms with Gasteiger partial charge in [0.15, 0.2) is 0 Å². The van der Waals surface area contributed by atoms with Crippen molar-refractivity contribution in [3.8, 4) is 0 Å². The fourth-order valence-corrected chi connectivity index (χ4v) is 3.33. The molecule has 0 atom stereocenters. The summed E-state index contributed by atoms with van der Waals surface area (Å²) in [5.74, 6) is 0. The number of hydrogen-bond acceptors (Lipinski definition) is 2. The molecule has 1 saturated heterocycles. The molecule has 0 amide bonds. The second-order valence-corrected chi connectivity index (χ2v) is 5.60. The van der Waals surface area contributed by atoms with Crippen LogP contribution >= 0.6 is 0 Å². The molecule has 1 spiro atoms. The van der Waals surface area contributed by atoms with Crippen molar-refractivity contribution in [1.29, 1.82) is 0 Å². The third-order valence-corrected chi connectivity index (χ3v) is 4.25. The molecule has 2 heteroatoms. The molecule has 1 aliphatic heterocycles. The molecule has 2 saturated carbocycles. The number of nitrogens with one attached hydrogen (secondary N) is 1. The minimum Gasteiger partial charge on any atom is -0.380 e. The lowest BCUT2D eigenvalue weighted by atomic mass is 9.64. The Balaban J connectivity index is 1.41. The third-order valence-electron chi connectivity index (χ3n) is 4.25. The van der Waals surface area contributed by atoms with Crippen LogP contribution in [0, 0.1) is 5.41 Å². The van der Waals surface area contributed by atoms with Gasteiger partial charge in [0, 0.05) is 17.5 Å². The van der Waals surface area contributed by atoms with E-state index in [2.05, 4.69) is 5.32 Å². The monoisotopic (exact) mass is 195 g/mol. The van der Waals surface area contributed by atoms with Gasteiger partial charge in [0.25, 0.3) is 0 Å². The van der Waals surface area contributed by atoms with Crippen molar-refractivity contribution in [3.63, 3.8) is 0 Å². The second-order valence-electron chi connectivity index (χ2n) is 5.60. The predicted octanol–water partition coefficient (Wildman–Crippen LogP) is 2.09. The van der Waals surface area contributed by atoms with Crippen LogP contribution in [0.3, 0.4) is 0 Å². The van der Waals surface area contributed by atoms with Crippen LogP contribution in [-0.4, -0.2) is 25.3 Å². The van der Waals surface area contributed by atoms with Gasteiger partial charge in [-0.05, 0) is 25.7 Å². The normalized spacial score (nSPS) is 32.6. The van der Waals surface area contributed by atoms with E-state index in [9.17, 15) is 0 Å². The van der Waals surface area contributed by atoms with Crippen LogP contribution in [0.1, 0.15) is 44.9 Å². The summed E-state index contributed by atoms with van der Waals surface area (Å²) in [6.45, 7) is 2.08. The van der Waals surface area contributed by atoms with E-state index in [4.69, 9.17) is 4.74 Å². The standard InChI is InChI=1S/C12H21NO/c1-2-4-10(5-3-1)13-11-6-12(7-11)8-14-9-12/h10-11,13H,1-9H2. The molecule has 3 rings (SSSR count). The van der Waals surface area contributed by atoms with Crippen LogP contribution in [0.25, 0.3) is 0 Å². The van der Waals surface area contributed by atoms with Gasteiger partial charge < -0.3 is 10.1 Å². The summed E-state index contributed by atoms with van der Waals surface area (Å²) in [7, 11) is 0. The highest BCUT2D eigenvalue weighted by Gasteiger charge is 2.49. The topological polar surface area (TPSA) is 21.3 Å². The van der Waals surface area contributed by atoms with E-state index in [0.29, 0.717) is 5.41 Å². The number of hydrogen-bond donors (Lipinski definition) is 1. The van der Waals surface area contributed by atoms with Gasteiger partial charge in [-0.25, -0.2) is 0 Å². The average Bonchev–Trinajstić information content (AvgIpc) is 2.09. The maximum Gasteiger partial charge on any atom is 0.0545 e. The molecule has 3 fully saturated rings. The van der Waals surface area contributed by atoms with E-state index in [1.807, 2.05) is 0 Å². The first-order chi connectivity index (χ1) is 6.86. The molecular weight excluding hydrogens is 174 g/mol. The summed E-state index contributed by atoms with van der Waals surface area (Å²) >= 11 is 0. The lowest BCUT2D eigenvalue weighted by molar-refractivity contribution is -0.168. The van der Waals surface area contributed by atoms with E-state index in [1.54, 1.807) is 0 Å². The molecule has 2 nitrogen and oxygen atoms in total. The highest BCUT2D eigenvalue weighted by molar-refractivity contribution is 5.02. The SMILES string of the molecule is C1CCC(NC2CC3(COC3)C2)CC1. The molecule has 3 aliphatic rings. The van der Waals surface area contributed by atoms with Gasteiger partial charge in [0.1, 0.15) is 0 Å². The van der Waals surface area contributed by atoms with Gasteiger partial charge in [-0.2, -0.15) is 0 Å². The van der Waals surface area contributed by atoms with Crippen molar-refractivity contribution < 1.29 is 4.74 Å². The Morgan fingerprint density at radius 2 is 1.64 bits per heavy atom. The molecule has 1 N–H and O–H groups in total. The van der Waals surface area contributed by atoms with Gasteiger partial charge in [0.05, 0.1) is 13.2 Å². The Kier molecular flexibility index (Phi) is 2.29. The molecule has 0 aromatic heterocycles. The maximum atomic E-state index is 5.29. The van der Waals surface area contributed by atoms with E-state index in [0.717, 1.165) is 25.3 Å². The second kappa shape index (κ2) is 3.49. The first-order valence-electron chi connectivity index (χ1n) is 6.20. The van der Waals surface area contributed by atoms with Crippen molar-refractivity contribution in [2.75, 3.05) is 13.2 Å². The molecule has 0 unspecified atom stereocenters. The Hall–Kier alpha value is -0.0800. The summed E-state index contributed by atoms with van der Waals surface area (Å²) < 4.78 is 5.29. The lowest BCUT2D eigenvalue weighted by Crippen LogP contribution is -2.60. The number of rotatable bonds is 2. The quantitative estimate of drug-likeness (QED) is 0.728. The van der Waals surface area contributed by atoms with Crippen molar-refractivity contribution in [2.45, 2.75) is 57.0 Å². The lowest BCUT2D eigenvalue weighted by Gasteiger charge is -2.54. The Morgan fingerprint density at radius 3 is 2.21 bits per heavy atom. The van der Waals surface area contributed by atoms with Crippen LogP contribution < -0.4 is 5.32 Å². The van der Waals surface area contributed by atoms with Crippen LogP contribution in [0.5, 0.6) is 0 Å². The van der Waals surface area contributed by atoms with Gasteiger partial charge in [-0.3, -0.25) is 0 Å². The zero-order valence-electron chi connectivity index (χ0n) is 8.93. The Bertz CT molecular complexity index is 198. The predicted molar refractivity (Wildman–Crippen MR) is 56.3 cm³/mol. The first-order valence-corrected chi connectivity index (χ1v) is 6.20. The van der Waals surface area contributed by atoms with Crippen LogP contribution in [-0.2, 0) is 4.74 Å². The van der Waals surface area contributed by atoms with Crippen LogP contribution in [0.2, 0.25) is 0 Å². The van der Waals surface area contributed by atoms with Gasteiger partial charge in [-0.15, -0.1) is 0 Å². The molecule has 0 bridgehead atoms. The molecular formula is C12H21NO. The summed E-state index contributed by atoms with van der Waals surface area (Å²) in [5, 5.41) is 3.82. The summed E-state index contributed by atoms with van der Waals surface area (Å²) in [6, 6.07) is 1.66. The van der Waals surface area contributed by atoms with Gasteiger partial charge >= 0.3 is 0 Å². The van der Waals surface area contributed by atoms with Crippen molar-refractivity contribution >= 4 is 0 Å². The Morgan fingerprint density at radius 1 is 0.929 bits per heavy atom. The molecule has 14 heavy (non-hydrogen) atoms. The molecule has 0 aromatic carbocycles. The van der Waals surface area contributed by atoms with E-state index < -0.39 is 0 Å². The average molecular weight is 195 g/mol. The molecule has 80 valence electrons. The molecule has 2 aliphatic carbocycles. The minimum atomic E-state index is 0.631. The largest absolute Gasteiger partial charge is 0.380 e. The summed E-state index contributed by atoms with van der Waals surface area (Å²) in [5.41, 5.74) is 0.631. The molecule has 1 heterocycles. The Labute approximate surface area is 86.4 Å². The highest BCUT2D eigenvalue weighted by atomic mass is 16.5. The first kappa shape index (κ1) is 9.17. The molecule has 0 radical (unpaired) electrons. The summed E-state index contributed by atoms with van der Waals surface area (Å²) in [4.78, 5) is 0. The third kappa shape index (κ3) is 1.59. The zero-order chi connectivity index (χ0) is 9.43. The number of ether oxygens (including phenoxy) is 1. The van der Waals surface area contributed by atoms with Crippen molar-refractivity contribution in [2.24, 2.45) is 5.41 Å². The highest BCUT2D eigenvalue weighted by Crippen LogP contribution is 2.47. The maximum absolute atomic E-state index is 5.29.